The van der Waals surface area contributed by atoms with Gasteiger partial charge in [0, 0.05) is 13.2 Å². The number of fused-ring (bicyclic) bond motifs is 1. The fourth-order valence-corrected chi connectivity index (χ4v) is 3.47. The maximum Gasteiger partial charge on any atom is 0.287 e. The topological polar surface area (TPSA) is 60.7 Å². The predicted molar refractivity (Wildman–Crippen MR) is 92.8 cm³/mol. The zero-order valence-electron chi connectivity index (χ0n) is 14.3. The number of hydrogen-bond acceptors (Lipinski definition) is 4. The Balaban J connectivity index is 1.29. The maximum atomic E-state index is 12.1. The van der Waals surface area contributed by atoms with Crippen molar-refractivity contribution in [2.75, 3.05) is 13.2 Å². The van der Waals surface area contributed by atoms with E-state index in [1.807, 2.05) is 6.07 Å². The zero-order chi connectivity index (χ0) is 17.1. The number of amides is 1. The van der Waals surface area contributed by atoms with Gasteiger partial charge < -0.3 is 19.2 Å². The molecule has 0 spiro atoms. The summed E-state index contributed by atoms with van der Waals surface area (Å²) in [6.45, 7) is 1.63. The highest BCUT2D eigenvalue weighted by Crippen LogP contribution is 2.26. The van der Waals surface area contributed by atoms with Crippen molar-refractivity contribution in [3.05, 3.63) is 53.0 Å². The lowest BCUT2D eigenvalue weighted by molar-refractivity contribution is 0.0832. The third-order valence-corrected chi connectivity index (χ3v) is 4.85. The van der Waals surface area contributed by atoms with Crippen molar-refractivity contribution in [1.82, 2.24) is 5.32 Å². The van der Waals surface area contributed by atoms with Crippen LogP contribution >= 0.6 is 0 Å². The summed E-state index contributed by atoms with van der Waals surface area (Å²) in [5, 5.41) is 2.86. The van der Waals surface area contributed by atoms with E-state index in [1.54, 1.807) is 12.1 Å². The summed E-state index contributed by atoms with van der Waals surface area (Å²) < 4.78 is 16.9. The summed E-state index contributed by atoms with van der Waals surface area (Å²) in [7, 11) is 0. The van der Waals surface area contributed by atoms with Gasteiger partial charge in [0.25, 0.3) is 5.91 Å². The van der Waals surface area contributed by atoms with Crippen molar-refractivity contribution in [2.24, 2.45) is 0 Å². The largest absolute Gasteiger partial charge is 0.486 e. The minimum atomic E-state index is -0.209. The van der Waals surface area contributed by atoms with Crippen molar-refractivity contribution in [3.63, 3.8) is 0 Å². The van der Waals surface area contributed by atoms with Gasteiger partial charge in [0.15, 0.2) is 5.76 Å². The van der Waals surface area contributed by atoms with Crippen LogP contribution in [0.5, 0.6) is 5.75 Å². The minimum absolute atomic E-state index is 0.126. The Morgan fingerprint density at radius 3 is 2.96 bits per heavy atom. The molecule has 0 radical (unpaired) electrons. The molecule has 132 valence electrons. The number of ether oxygens (including phenoxy) is 2. The number of furan rings is 1. The Bertz CT molecular complexity index is 746. The molecule has 0 bridgehead atoms. The first-order chi connectivity index (χ1) is 12.3. The number of aryl methyl sites for hydroxylation is 2. The quantitative estimate of drug-likeness (QED) is 0.876. The van der Waals surface area contributed by atoms with E-state index in [-0.39, 0.29) is 12.0 Å². The van der Waals surface area contributed by atoms with E-state index < -0.39 is 0 Å². The van der Waals surface area contributed by atoms with Crippen molar-refractivity contribution in [1.29, 1.82) is 0 Å². The second-order valence-electron chi connectivity index (χ2n) is 6.68. The molecule has 1 aromatic heterocycles. The van der Waals surface area contributed by atoms with E-state index in [0.29, 0.717) is 24.7 Å². The van der Waals surface area contributed by atoms with Crippen LogP contribution in [0.15, 0.2) is 34.7 Å². The van der Waals surface area contributed by atoms with E-state index in [1.165, 1.54) is 17.5 Å². The summed E-state index contributed by atoms with van der Waals surface area (Å²) >= 11 is 0. The Labute approximate surface area is 147 Å². The van der Waals surface area contributed by atoms with Crippen molar-refractivity contribution < 1.29 is 18.7 Å². The van der Waals surface area contributed by atoms with E-state index >= 15 is 0 Å². The molecule has 1 N–H and O–H groups in total. The molecule has 2 aromatic rings. The summed E-state index contributed by atoms with van der Waals surface area (Å²) in [6, 6.07) is 9.73. The van der Waals surface area contributed by atoms with E-state index in [4.69, 9.17) is 13.9 Å². The maximum absolute atomic E-state index is 12.1. The molecule has 1 fully saturated rings. The summed E-state index contributed by atoms with van der Waals surface area (Å²) in [4.78, 5) is 12.1. The molecule has 2 heterocycles. The van der Waals surface area contributed by atoms with Crippen LogP contribution in [0.3, 0.4) is 0 Å². The first kappa shape index (κ1) is 16.2. The van der Waals surface area contributed by atoms with Gasteiger partial charge in [-0.15, -0.1) is 0 Å². The number of carbonyl (C=O) groups excluding carboxylic acids is 1. The third kappa shape index (κ3) is 3.87. The summed E-state index contributed by atoms with van der Waals surface area (Å²) in [5.74, 6) is 1.59. The standard InChI is InChI=1S/C20H23NO4/c22-20(21-12-17-5-2-10-23-17)19-9-8-18(25-19)13-24-16-7-6-14-3-1-4-15(14)11-16/h6-9,11,17H,1-5,10,12-13H2,(H,21,22). The molecule has 2 aliphatic rings. The first-order valence-corrected chi connectivity index (χ1v) is 9.01. The van der Waals surface area contributed by atoms with Gasteiger partial charge in [-0.05, 0) is 67.5 Å². The molecule has 1 atom stereocenters. The SMILES string of the molecule is O=C(NCC1CCCO1)c1ccc(COc2ccc3c(c2)CCC3)o1. The van der Waals surface area contributed by atoms with Gasteiger partial charge in [-0.2, -0.15) is 0 Å². The first-order valence-electron chi connectivity index (χ1n) is 9.01. The smallest absolute Gasteiger partial charge is 0.287 e. The average molecular weight is 341 g/mol. The monoisotopic (exact) mass is 341 g/mol. The molecule has 1 aliphatic heterocycles. The van der Waals surface area contributed by atoms with Crippen molar-refractivity contribution >= 4 is 5.91 Å². The van der Waals surface area contributed by atoms with Gasteiger partial charge in [0.2, 0.25) is 0 Å². The van der Waals surface area contributed by atoms with Crippen LogP contribution in [-0.2, 0) is 24.2 Å². The highest BCUT2D eigenvalue weighted by atomic mass is 16.5. The second-order valence-corrected chi connectivity index (χ2v) is 6.68. The highest BCUT2D eigenvalue weighted by molar-refractivity contribution is 5.91. The molecule has 1 amide bonds. The molecule has 1 saturated heterocycles. The Morgan fingerprint density at radius 2 is 2.08 bits per heavy atom. The number of nitrogens with one attached hydrogen (secondary N) is 1. The van der Waals surface area contributed by atoms with E-state index in [2.05, 4.69) is 17.4 Å². The van der Waals surface area contributed by atoms with Gasteiger partial charge in [0.05, 0.1) is 6.10 Å². The van der Waals surface area contributed by atoms with Gasteiger partial charge in [-0.3, -0.25) is 4.79 Å². The molecular formula is C20H23NO4. The molecule has 4 rings (SSSR count). The average Bonchev–Trinajstić information content (AvgIpc) is 3.39. The Hall–Kier alpha value is -2.27. The number of benzene rings is 1. The molecule has 1 aromatic carbocycles. The molecule has 0 saturated carbocycles. The molecule has 25 heavy (non-hydrogen) atoms. The van der Waals surface area contributed by atoms with Gasteiger partial charge in [0.1, 0.15) is 18.1 Å². The van der Waals surface area contributed by atoms with Crippen LogP contribution in [0.1, 0.15) is 46.7 Å². The number of rotatable bonds is 6. The Morgan fingerprint density at radius 1 is 1.16 bits per heavy atom. The van der Waals surface area contributed by atoms with Crippen LogP contribution in [0.4, 0.5) is 0 Å². The normalized spacial score (nSPS) is 19.0. The van der Waals surface area contributed by atoms with Crippen LogP contribution < -0.4 is 10.1 Å². The van der Waals surface area contributed by atoms with Gasteiger partial charge in [-0.25, -0.2) is 0 Å². The fourth-order valence-electron chi connectivity index (χ4n) is 3.47. The lowest BCUT2D eigenvalue weighted by Gasteiger charge is -2.09. The van der Waals surface area contributed by atoms with Crippen molar-refractivity contribution in [2.45, 2.75) is 44.8 Å². The van der Waals surface area contributed by atoms with Crippen molar-refractivity contribution in [3.8, 4) is 5.75 Å². The molecule has 1 aliphatic carbocycles. The predicted octanol–water partition coefficient (Wildman–Crippen LogP) is 3.26. The second kappa shape index (κ2) is 7.31. The molecule has 5 nitrogen and oxygen atoms in total. The van der Waals surface area contributed by atoms with E-state index in [0.717, 1.165) is 38.0 Å². The third-order valence-electron chi connectivity index (χ3n) is 4.85. The molecule has 1 unspecified atom stereocenters. The minimum Gasteiger partial charge on any atom is -0.486 e. The number of carbonyl (C=O) groups is 1. The summed E-state index contributed by atoms with van der Waals surface area (Å²) in [6.07, 6.45) is 5.70. The summed E-state index contributed by atoms with van der Waals surface area (Å²) in [5.41, 5.74) is 2.81. The Kier molecular flexibility index (Phi) is 4.74. The van der Waals surface area contributed by atoms with Crippen LogP contribution in [0.2, 0.25) is 0 Å². The van der Waals surface area contributed by atoms with Crippen LogP contribution in [0.25, 0.3) is 0 Å². The van der Waals surface area contributed by atoms with E-state index in [9.17, 15) is 4.79 Å². The number of hydrogen-bond donors (Lipinski definition) is 1. The van der Waals surface area contributed by atoms with Crippen LogP contribution in [0, 0.1) is 0 Å². The molecule has 5 heteroatoms. The lowest BCUT2D eigenvalue weighted by Crippen LogP contribution is -2.31. The van der Waals surface area contributed by atoms with Gasteiger partial charge in [-0.1, -0.05) is 6.07 Å². The van der Waals surface area contributed by atoms with Crippen LogP contribution in [-0.4, -0.2) is 25.2 Å². The van der Waals surface area contributed by atoms with Gasteiger partial charge >= 0.3 is 0 Å². The highest BCUT2D eigenvalue weighted by Gasteiger charge is 2.18. The lowest BCUT2D eigenvalue weighted by atomic mass is 10.1. The fraction of sp³-hybridized carbons (Fsp3) is 0.450. The molecular weight excluding hydrogens is 318 g/mol. The zero-order valence-corrected chi connectivity index (χ0v) is 14.3.